The van der Waals surface area contributed by atoms with Crippen LogP contribution in [-0.2, 0) is 4.79 Å². The quantitative estimate of drug-likeness (QED) is 0.386. The minimum Gasteiger partial charge on any atom is -0.503 e. The number of Topliss-reactive ketones (excluding diaryl/α,β-unsaturated/α-hetero) is 1. The molecule has 2 heterocycles. The number of ketones is 1. The Bertz CT molecular complexity index is 1270. The van der Waals surface area contributed by atoms with Crippen molar-refractivity contribution in [2.75, 3.05) is 40.4 Å². The van der Waals surface area contributed by atoms with Crippen molar-refractivity contribution in [3.8, 4) is 11.5 Å². The molecule has 8 heteroatoms. The molecule has 8 nitrogen and oxygen atoms in total. The lowest BCUT2D eigenvalue weighted by Gasteiger charge is -2.28. The highest BCUT2D eigenvalue weighted by Crippen LogP contribution is 2.40. The second kappa shape index (κ2) is 10.9. The Kier molecular flexibility index (Phi) is 7.64. The number of para-hydroxylation sites is 1. The third-order valence-corrected chi connectivity index (χ3v) is 6.70. The Morgan fingerprint density at radius 1 is 1.08 bits per heavy atom. The van der Waals surface area contributed by atoms with E-state index in [9.17, 15) is 14.7 Å². The summed E-state index contributed by atoms with van der Waals surface area (Å²) in [6.07, 6.45) is 0.705. The fourth-order valence-corrected chi connectivity index (χ4v) is 4.70. The second-order valence-electron chi connectivity index (χ2n) is 8.64. The number of carbonyl (C=O) groups excluding carboxylic acids is 2. The van der Waals surface area contributed by atoms with E-state index in [2.05, 4.69) is 18.7 Å². The highest BCUT2D eigenvalue weighted by atomic mass is 16.5. The fraction of sp³-hybridized carbons (Fsp3) is 0.357. The van der Waals surface area contributed by atoms with Crippen LogP contribution in [0.2, 0.25) is 0 Å². The summed E-state index contributed by atoms with van der Waals surface area (Å²) >= 11 is 0. The molecule has 0 fully saturated rings. The molecule has 0 radical (unpaired) electrons. The zero-order valence-electron chi connectivity index (χ0n) is 21.1. The Labute approximate surface area is 210 Å². The van der Waals surface area contributed by atoms with Crippen molar-refractivity contribution >= 4 is 22.7 Å². The number of rotatable bonds is 11. The van der Waals surface area contributed by atoms with Gasteiger partial charge in [-0.25, -0.2) is 0 Å². The summed E-state index contributed by atoms with van der Waals surface area (Å²) in [4.78, 5) is 30.8. The molecule has 1 aromatic heterocycles. The average molecular weight is 493 g/mol. The van der Waals surface area contributed by atoms with E-state index in [1.165, 1.54) is 7.11 Å². The first-order valence-corrected chi connectivity index (χ1v) is 12.1. The number of hydrogen-bond acceptors (Lipinski definition) is 7. The van der Waals surface area contributed by atoms with Crippen molar-refractivity contribution in [1.29, 1.82) is 0 Å². The molecule has 3 aromatic rings. The molecule has 2 aromatic carbocycles. The first-order chi connectivity index (χ1) is 17.4. The van der Waals surface area contributed by atoms with E-state index in [1.807, 2.05) is 18.2 Å². The molecule has 4 rings (SSSR count). The summed E-state index contributed by atoms with van der Waals surface area (Å²) < 4.78 is 16.5. The van der Waals surface area contributed by atoms with Gasteiger partial charge in [0.15, 0.2) is 22.9 Å². The van der Waals surface area contributed by atoms with Crippen LogP contribution in [0.1, 0.15) is 42.4 Å². The number of hydrogen-bond donors (Lipinski definition) is 1. The molecule has 1 amide bonds. The molecule has 0 aliphatic carbocycles. The number of aliphatic hydroxyl groups excluding tert-OH is 1. The summed E-state index contributed by atoms with van der Waals surface area (Å²) in [6, 6.07) is 13.4. The van der Waals surface area contributed by atoms with Crippen LogP contribution in [0.15, 0.2) is 64.3 Å². The van der Waals surface area contributed by atoms with Gasteiger partial charge in [0.25, 0.3) is 5.91 Å². The highest BCUT2D eigenvalue weighted by Gasteiger charge is 2.44. The summed E-state index contributed by atoms with van der Waals surface area (Å²) in [5.41, 5.74) is 1.14. The molecule has 1 atom stereocenters. The van der Waals surface area contributed by atoms with Gasteiger partial charge in [0.1, 0.15) is 5.75 Å². The number of ether oxygens (including phenoxy) is 2. The number of carbonyl (C=O) groups is 2. The van der Waals surface area contributed by atoms with Gasteiger partial charge in [-0.15, -0.1) is 0 Å². The molecular weight excluding hydrogens is 460 g/mol. The van der Waals surface area contributed by atoms with Gasteiger partial charge < -0.3 is 28.8 Å². The number of nitrogens with zero attached hydrogens (tertiary/aromatic N) is 2. The fourth-order valence-electron chi connectivity index (χ4n) is 4.70. The lowest BCUT2D eigenvalue weighted by molar-refractivity contribution is -0.129. The van der Waals surface area contributed by atoms with E-state index in [-0.39, 0.29) is 11.3 Å². The standard InChI is InChI=1S/C28H32N2O6/c1-5-29(6-2)15-8-16-30-24(18-11-13-20(34-3)14-12-18)23(26(32)28(30)33)25(31)22-17-19-9-7-10-21(35-4)27(19)36-22/h7,9-14,17,24,32H,5-6,8,15-16H2,1-4H3/t24-/m0/s1. The Morgan fingerprint density at radius 2 is 1.81 bits per heavy atom. The van der Waals surface area contributed by atoms with Gasteiger partial charge in [-0.1, -0.05) is 38.1 Å². The topological polar surface area (TPSA) is 92.5 Å². The summed E-state index contributed by atoms with van der Waals surface area (Å²) in [5.74, 6) is -0.458. The predicted molar refractivity (Wildman–Crippen MR) is 137 cm³/mol. The maximum absolute atomic E-state index is 13.7. The van der Waals surface area contributed by atoms with E-state index in [0.29, 0.717) is 41.0 Å². The maximum Gasteiger partial charge on any atom is 0.290 e. The maximum atomic E-state index is 13.7. The van der Waals surface area contributed by atoms with Gasteiger partial charge in [0.2, 0.25) is 5.78 Å². The van der Waals surface area contributed by atoms with Crippen molar-refractivity contribution in [2.24, 2.45) is 0 Å². The SMILES string of the molecule is CCN(CC)CCCN1C(=O)C(O)=C(C(=O)c2cc3cccc(OC)c3o2)[C@@H]1c1ccc(OC)cc1. The zero-order chi connectivity index (χ0) is 25.8. The van der Waals surface area contributed by atoms with E-state index < -0.39 is 23.5 Å². The number of furan rings is 1. The number of fused-ring (bicyclic) bond motifs is 1. The van der Waals surface area contributed by atoms with Crippen LogP contribution in [0.25, 0.3) is 11.0 Å². The van der Waals surface area contributed by atoms with Crippen molar-refractivity contribution in [2.45, 2.75) is 26.3 Å². The molecule has 0 bridgehead atoms. The Hall–Kier alpha value is -3.78. The van der Waals surface area contributed by atoms with Crippen LogP contribution < -0.4 is 9.47 Å². The molecule has 36 heavy (non-hydrogen) atoms. The van der Waals surface area contributed by atoms with Gasteiger partial charge in [0.05, 0.1) is 25.8 Å². The number of benzene rings is 2. The molecule has 1 aliphatic heterocycles. The normalized spacial score (nSPS) is 15.9. The van der Waals surface area contributed by atoms with Gasteiger partial charge in [-0.05, 0) is 55.9 Å². The van der Waals surface area contributed by atoms with E-state index in [0.717, 1.165) is 19.6 Å². The predicted octanol–water partition coefficient (Wildman–Crippen LogP) is 4.76. The van der Waals surface area contributed by atoms with Crippen LogP contribution in [0, 0.1) is 0 Å². The van der Waals surface area contributed by atoms with Crippen LogP contribution in [0.4, 0.5) is 0 Å². The van der Waals surface area contributed by atoms with E-state index in [4.69, 9.17) is 13.9 Å². The molecule has 1 aliphatic rings. The first-order valence-electron chi connectivity index (χ1n) is 12.1. The number of methoxy groups -OCH3 is 2. The van der Waals surface area contributed by atoms with Gasteiger partial charge >= 0.3 is 0 Å². The lowest BCUT2D eigenvalue weighted by Crippen LogP contribution is -2.34. The average Bonchev–Trinajstić information content (AvgIpc) is 3.45. The van der Waals surface area contributed by atoms with Crippen LogP contribution in [0.3, 0.4) is 0 Å². The molecule has 1 N–H and O–H groups in total. The minimum atomic E-state index is -0.747. The molecule has 0 spiro atoms. The van der Waals surface area contributed by atoms with Crippen LogP contribution in [0.5, 0.6) is 11.5 Å². The zero-order valence-corrected chi connectivity index (χ0v) is 21.1. The molecule has 0 unspecified atom stereocenters. The van der Waals surface area contributed by atoms with Gasteiger partial charge in [-0.3, -0.25) is 9.59 Å². The molecule has 0 saturated heterocycles. The third-order valence-electron chi connectivity index (χ3n) is 6.70. The van der Waals surface area contributed by atoms with Gasteiger partial charge in [0, 0.05) is 11.9 Å². The number of aliphatic hydroxyl groups is 1. The monoisotopic (exact) mass is 492 g/mol. The third kappa shape index (κ3) is 4.68. The molecule has 0 saturated carbocycles. The van der Waals surface area contributed by atoms with Crippen molar-refractivity contribution in [1.82, 2.24) is 9.80 Å². The smallest absolute Gasteiger partial charge is 0.290 e. The van der Waals surface area contributed by atoms with E-state index >= 15 is 0 Å². The van der Waals surface area contributed by atoms with Crippen LogP contribution >= 0.6 is 0 Å². The summed E-state index contributed by atoms with van der Waals surface area (Å²) in [7, 11) is 3.10. The Morgan fingerprint density at radius 3 is 2.44 bits per heavy atom. The summed E-state index contributed by atoms with van der Waals surface area (Å²) in [5, 5.41) is 11.6. The second-order valence-corrected chi connectivity index (χ2v) is 8.64. The highest BCUT2D eigenvalue weighted by molar-refractivity contribution is 6.16. The molecule has 190 valence electrons. The van der Waals surface area contributed by atoms with Crippen molar-refractivity contribution in [3.05, 3.63) is 71.2 Å². The first kappa shape index (κ1) is 25.3. The minimum absolute atomic E-state index is 0.00558. The van der Waals surface area contributed by atoms with Gasteiger partial charge in [-0.2, -0.15) is 0 Å². The number of amides is 1. The van der Waals surface area contributed by atoms with E-state index in [1.54, 1.807) is 42.3 Å². The van der Waals surface area contributed by atoms with Crippen LogP contribution in [-0.4, -0.2) is 67.0 Å². The lowest BCUT2D eigenvalue weighted by atomic mass is 9.95. The largest absolute Gasteiger partial charge is 0.503 e. The van der Waals surface area contributed by atoms with Crippen molar-refractivity contribution < 1.29 is 28.6 Å². The molecular formula is C28H32N2O6. The van der Waals surface area contributed by atoms with Crippen molar-refractivity contribution in [3.63, 3.8) is 0 Å². The Balaban J connectivity index is 1.72. The summed E-state index contributed by atoms with van der Waals surface area (Å²) in [6.45, 7) is 7.21.